The maximum absolute atomic E-state index is 12.3. The van der Waals surface area contributed by atoms with Gasteiger partial charge in [-0.3, -0.25) is 9.59 Å². The maximum Gasteiger partial charge on any atom is 0.307 e. The average Bonchev–Trinajstić information content (AvgIpc) is 2.52. The van der Waals surface area contributed by atoms with Crippen LogP contribution in [0.1, 0.15) is 30.9 Å². The molecule has 2 N–H and O–H groups in total. The van der Waals surface area contributed by atoms with Crippen LogP contribution in [0.3, 0.4) is 0 Å². The molecule has 0 aliphatic heterocycles. The van der Waals surface area contributed by atoms with Gasteiger partial charge in [0.25, 0.3) is 0 Å². The average molecular weight is 287 g/mol. The number of carbonyl (C=O) groups excluding carboxylic acids is 1. The first-order chi connectivity index (χ1) is 10.1. The van der Waals surface area contributed by atoms with Crippen molar-refractivity contribution in [2.45, 2.75) is 32.7 Å². The van der Waals surface area contributed by atoms with Crippen LogP contribution in [0.5, 0.6) is 0 Å². The van der Waals surface area contributed by atoms with Crippen LogP contribution in [0, 0.1) is 11.8 Å². The first kappa shape index (κ1) is 15.3. The number of benzene rings is 1. The van der Waals surface area contributed by atoms with Gasteiger partial charge < -0.3 is 10.4 Å². The molecule has 2 atom stereocenters. The van der Waals surface area contributed by atoms with Gasteiger partial charge in [-0.15, -0.1) is 0 Å². The highest BCUT2D eigenvalue weighted by Gasteiger charge is 2.33. The smallest absolute Gasteiger partial charge is 0.307 e. The van der Waals surface area contributed by atoms with Gasteiger partial charge in [0, 0.05) is 6.54 Å². The number of nitrogens with one attached hydrogen (secondary N) is 1. The molecule has 0 saturated heterocycles. The van der Waals surface area contributed by atoms with E-state index in [2.05, 4.69) is 12.2 Å². The standard InChI is InChI=1S/C17H21NO3/c1-2-12-7-3-4-8-13(12)11-18-16(19)14-9-5-6-10-15(14)17(20)21/h3-8,14-15H,2,9-11H2,1H3,(H,18,19)(H,20,21)/t14-,15+/m1/s1. The maximum atomic E-state index is 12.3. The molecule has 0 spiro atoms. The van der Waals surface area contributed by atoms with Crippen molar-refractivity contribution < 1.29 is 14.7 Å². The number of carboxylic acid groups (broad SMARTS) is 1. The number of carboxylic acids is 1. The second-order valence-corrected chi connectivity index (χ2v) is 5.33. The number of aryl methyl sites for hydroxylation is 1. The Morgan fingerprint density at radius 3 is 2.38 bits per heavy atom. The van der Waals surface area contributed by atoms with E-state index in [9.17, 15) is 14.7 Å². The van der Waals surface area contributed by atoms with E-state index in [4.69, 9.17) is 0 Å². The highest BCUT2D eigenvalue weighted by Crippen LogP contribution is 2.26. The first-order valence-corrected chi connectivity index (χ1v) is 7.35. The van der Waals surface area contributed by atoms with Gasteiger partial charge in [0.15, 0.2) is 0 Å². The number of aliphatic carboxylic acids is 1. The molecule has 0 saturated carbocycles. The fourth-order valence-electron chi connectivity index (χ4n) is 2.77. The third kappa shape index (κ3) is 3.72. The van der Waals surface area contributed by atoms with E-state index in [0.717, 1.165) is 12.0 Å². The van der Waals surface area contributed by atoms with Crippen LogP contribution in [0.2, 0.25) is 0 Å². The quantitative estimate of drug-likeness (QED) is 0.818. The van der Waals surface area contributed by atoms with Crippen molar-refractivity contribution in [2.75, 3.05) is 0 Å². The van der Waals surface area contributed by atoms with Crippen molar-refractivity contribution in [2.24, 2.45) is 11.8 Å². The number of rotatable bonds is 5. The van der Waals surface area contributed by atoms with Crippen molar-refractivity contribution in [3.63, 3.8) is 0 Å². The predicted octanol–water partition coefficient (Wildman–Crippen LogP) is 2.53. The Bertz CT molecular complexity index is 551. The molecule has 4 nitrogen and oxygen atoms in total. The number of allylic oxidation sites excluding steroid dienone is 2. The van der Waals surface area contributed by atoms with Gasteiger partial charge in [-0.2, -0.15) is 0 Å². The second-order valence-electron chi connectivity index (χ2n) is 5.33. The molecule has 0 aromatic heterocycles. The van der Waals surface area contributed by atoms with Gasteiger partial charge in [-0.05, 0) is 30.4 Å². The molecule has 112 valence electrons. The Balaban J connectivity index is 2.01. The van der Waals surface area contributed by atoms with Crippen LogP contribution in [0.4, 0.5) is 0 Å². The van der Waals surface area contributed by atoms with E-state index in [-0.39, 0.29) is 5.91 Å². The molecule has 0 fully saturated rings. The van der Waals surface area contributed by atoms with Crippen LogP contribution in [-0.2, 0) is 22.6 Å². The van der Waals surface area contributed by atoms with Crippen LogP contribution >= 0.6 is 0 Å². The summed E-state index contributed by atoms with van der Waals surface area (Å²) in [7, 11) is 0. The minimum absolute atomic E-state index is 0.169. The van der Waals surface area contributed by atoms with Gasteiger partial charge >= 0.3 is 5.97 Å². The van der Waals surface area contributed by atoms with Crippen LogP contribution in [-0.4, -0.2) is 17.0 Å². The number of amides is 1. The molecule has 1 aliphatic carbocycles. The minimum atomic E-state index is -0.895. The lowest BCUT2D eigenvalue weighted by molar-refractivity contribution is -0.147. The Hall–Kier alpha value is -2.10. The minimum Gasteiger partial charge on any atom is -0.481 e. The van der Waals surface area contributed by atoms with Crippen molar-refractivity contribution in [3.05, 3.63) is 47.5 Å². The molecule has 0 radical (unpaired) electrons. The second kappa shape index (κ2) is 7.07. The third-order valence-electron chi connectivity index (χ3n) is 4.04. The van der Waals surface area contributed by atoms with Gasteiger partial charge in [0.1, 0.15) is 0 Å². The summed E-state index contributed by atoms with van der Waals surface area (Å²) in [6.07, 6.45) is 5.58. The molecule has 2 rings (SSSR count). The van der Waals surface area contributed by atoms with Crippen molar-refractivity contribution >= 4 is 11.9 Å². The van der Waals surface area contributed by atoms with Crippen molar-refractivity contribution in [3.8, 4) is 0 Å². The number of hydrogen-bond donors (Lipinski definition) is 2. The summed E-state index contributed by atoms with van der Waals surface area (Å²) < 4.78 is 0. The van der Waals surface area contributed by atoms with Gasteiger partial charge in [-0.25, -0.2) is 0 Å². The van der Waals surface area contributed by atoms with E-state index in [1.165, 1.54) is 5.56 Å². The van der Waals surface area contributed by atoms with Crippen LogP contribution < -0.4 is 5.32 Å². The highest BCUT2D eigenvalue weighted by molar-refractivity contribution is 5.85. The normalized spacial score (nSPS) is 21.0. The van der Waals surface area contributed by atoms with E-state index >= 15 is 0 Å². The molecule has 4 heteroatoms. The fourth-order valence-corrected chi connectivity index (χ4v) is 2.77. The molecular formula is C17H21NO3. The van der Waals surface area contributed by atoms with E-state index < -0.39 is 17.8 Å². The lowest BCUT2D eigenvalue weighted by Crippen LogP contribution is -2.38. The topological polar surface area (TPSA) is 66.4 Å². The summed E-state index contributed by atoms with van der Waals surface area (Å²) in [5.41, 5.74) is 2.29. The summed E-state index contributed by atoms with van der Waals surface area (Å²) in [5, 5.41) is 12.1. The van der Waals surface area contributed by atoms with E-state index in [1.807, 2.05) is 36.4 Å². The lowest BCUT2D eigenvalue weighted by Gasteiger charge is -2.24. The Morgan fingerprint density at radius 2 is 1.76 bits per heavy atom. The SMILES string of the molecule is CCc1ccccc1CNC(=O)[C@@H]1CC=CC[C@@H]1C(=O)O. The van der Waals surface area contributed by atoms with Crippen LogP contribution in [0.15, 0.2) is 36.4 Å². The van der Waals surface area contributed by atoms with Crippen LogP contribution in [0.25, 0.3) is 0 Å². The zero-order valence-corrected chi connectivity index (χ0v) is 12.2. The summed E-state index contributed by atoms with van der Waals surface area (Å²) in [6.45, 7) is 2.53. The molecule has 1 aliphatic rings. The molecule has 1 aromatic carbocycles. The van der Waals surface area contributed by atoms with Gasteiger partial charge in [0.05, 0.1) is 11.8 Å². The Kier molecular flexibility index (Phi) is 5.14. The molecule has 0 heterocycles. The largest absolute Gasteiger partial charge is 0.481 e. The Labute approximate surface area is 124 Å². The molecule has 0 unspecified atom stereocenters. The van der Waals surface area contributed by atoms with E-state index in [0.29, 0.717) is 19.4 Å². The van der Waals surface area contributed by atoms with E-state index in [1.54, 1.807) is 0 Å². The zero-order valence-electron chi connectivity index (χ0n) is 12.2. The molecule has 1 aromatic rings. The molecule has 21 heavy (non-hydrogen) atoms. The summed E-state index contributed by atoms with van der Waals surface area (Å²) >= 11 is 0. The summed E-state index contributed by atoms with van der Waals surface area (Å²) in [6, 6.07) is 7.97. The first-order valence-electron chi connectivity index (χ1n) is 7.35. The zero-order chi connectivity index (χ0) is 15.2. The predicted molar refractivity (Wildman–Crippen MR) is 80.7 cm³/mol. The third-order valence-corrected chi connectivity index (χ3v) is 4.04. The molecule has 0 bridgehead atoms. The number of hydrogen-bond acceptors (Lipinski definition) is 2. The molecule has 1 amide bonds. The van der Waals surface area contributed by atoms with Crippen molar-refractivity contribution in [1.82, 2.24) is 5.32 Å². The van der Waals surface area contributed by atoms with Gasteiger partial charge in [-0.1, -0.05) is 43.3 Å². The summed E-state index contributed by atoms with van der Waals surface area (Å²) in [4.78, 5) is 23.5. The lowest BCUT2D eigenvalue weighted by atomic mass is 9.82. The Morgan fingerprint density at radius 1 is 1.14 bits per heavy atom. The van der Waals surface area contributed by atoms with Gasteiger partial charge in [0.2, 0.25) is 5.91 Å². The highest BCUT2D eigenvalue weighted by atomic mass is 16.4. The number of carbonyl (C=O) groups is 2. The van der Waals surface area contributed by atoms with Crippen molar-refractivity contribution in [1.29, 1.82) is 0 Å². The molecular weight excluding hydrogens is 266 g/mol. The summed E-state index contributed by atoms with van der Waals surface area (Å²) in [5.74, 6) is -2.15. The monoisotopic (exact) mass is 287 g/mol. The fraction of sp³-hybridized carbons (Fsp3) is 0.412.